The number of fused-ring (bicyclic) bond motifs is 2. The lowest BCUT2D eigenvalue weighted by atomic mass is 9.83. The van der Waals surface area contributed by atoms with Crippen LogP contribution in [0.1, 0.15) is 56.9 Å². The Balaban J connectivity index is 1.37. The Morgan fingerprint density at radius 3 is 2.77 bits per heavy atom. The highest BCUT2D eigenvalue weighted by molar-refractivity contribution is 5.94. The minimum atomic E-state index is -0.720. The highest BCUT2D eigenvalue weighted by atomic mass is 16.6. The third kappa shape index (κ3) is 5.45. The summed E-state index contributed by atoms with van der Waals surface area (Å²) in [7, 11) is 0. The monoisotopic (exact) mass is 549 g/mol. The summed E-state index contributed by atoms with van der Waals surface area (Å²) in [5, 5.41) is 19.1. The van der Waals surface area contributed by atoms with Crippen molar-refractivity contribution in [2.24, 2.45) is 11.7 Å². The topological polar surface area (TPSA) is 172 Å². The van der Waals surface area contributed by atoms with Crippen molar-refractivity contribution in [2.45, 2.75) is 75.9 Å². The van der Waals surface area contributed by atoms with E-state index in [1.807, 2.05) is 37.9 Å². The van der Waals surface area contributed by atoms with E-state index in [1.165, 1.54) is 0 Å². The Hall–Kier alpha value is -3.79. The molecule has 3 aliphatic rings. The first-order valence-corrected chi connectivity index (χ1v) is 13.5. The molecule has 0 radical (unpaired) electrons. The normalized spacial score (nSPS) is 28.8. The maximum atomic E-state index is 13.1. The number of primary amides is 1. The van der Waals surface area contributed by atoms with Gasteiger partial charge in [0, 0.05) is 23.7 Å². The predicted molar refractivity (Wildman–Crippen MR) is 145 cm³/mol. The Morgan fingerprint density at radius 1 is 1.30 bits per heavy atom. The van der Waals surface area contributed by atoms with Crippen molar-refractivity contribution in [3.8, 4) is 6.07 Å². The second kappa shape index (κ2) is 10.6. The summed E-state index contributed by atoms with van der Waals surface area (Å²) in [6.07, 6.45) is 0.638. The van der Waals surface area contributed by atoms with Gasteiger partial charge in [0.15, 0.2) is 6.10 Å². The summed E-state index contributed by atoms with van der Waals surface area (Å²) in [4.78, 5) is 41.6. The molecule has 0 bridgehead atoms. The first-order valence-electron chi connectivity index (χ1n) is 13.5. The Bertz CT molecular complexity index is 1360. The van der Waals surface area contributed by atoms with E-state index in [0.29, 0.717) is 31.3 Å². The van der Waals surface area contributed by atoms with Gasteiger partial charge in [-0.25, -0.2) is 20.2 Å². The van der Waals surface area contributed by atoms with Crippen molar-refractivity contribution in [3.05, 3.63) is 36.0 Å². The first kappa shape index (κ1) is 27.8. The number of nitriles is 1. The van der Waals surface area contributed by atoms with Crippen LogP contribution in [0, 0.1) is 17.2 Å². The fourth-order valence-electron chi connectivity index (χ4n) is 5.87. The lowest BCUT2D eigenvalue weighted by Gasteiger charge is -2.47. The number of piperidine rings is 1. The Labute approximate surface area is 232 Å². The highest BCUT2D eigenvalue weighted by Crippen LogP contribution is 2.40. The van der Waals surface area contributed by atoms with Gasteiger partial charge in [0.25, 0.3) is 5.91 Å². The standard InChI is InChI=1S/C28H35N7O5/c1-27(2,3)40-26(38)21-8-10-28(11-12-29,15-39-21)35-20-9-13-31-25(37)22(20)24(34-35)32-17-5-7-18-16(14-17)4-6-19(33-18)23(30)36/h4-7,14,20-22,24,32,34H,8-11,13,15H2,1-3H3,(H2,30,36)(H,31,37)/t20?,21-,22?,24?,28-/m0/s1. The number of hydrogen-bond donors (Lipinski definition) is 4. The first-order chi connectivity index (χ1) is 19.0. The van der Waals surface area contributed by atoms with Gasteiger partial charge >= 0.3 is 5.97 Å². The molecule has 12 nitrogen and oxygen atoms in total. The number of esters is 1. The molecule has 0 spiro atoms. The minimum absolute atomic E-state index is 0.0761. The molecule has 3 fully saturated rings. The second-order valence-corrected chi connectivity index (χ2v) is 11.7. The molecule has 1 aromatic carbocycles. The molecule has 12 heteroatoms. The number of carbonyl (C=O) groups excluding carboxylic acids is 3. The van der Waals surface area contributed by atoms with Crippen LogP contribution in [0.25, 0.3) is 10.9 Å². The van der Waals surface area contributed by atoms with Crippen molar-refractivity contribution < 1.29 is 23.9 Å². The molecule has 2 amide bonds. The summed E-state index contributed by atoms with van der Waals surface area (Å²) in [5.41, 5.74) is 9.09. The summed E-state index contributed by atoms with van der Waals surface area (Å²) in [6.45, 7) is 6.12. The molecule has 2 aromatic rings. The number of amides is 2. The van der Waals surface area contributed by atoms with E-state index in [4.69, 9.17) is 15.2 Å². The van der Waals surface area contributed by atoms with Crippen molar-refractivity contribution in [1.82, 2.24) is 20.7 Å². The lowest BCUT2D eigenvalue weighted by Crippen LogP contribution is -2.63. The van der Waals surface area contributed by atoms with Crippen molar-refractivity contribution >= 4 is 34.4 Å². The molecule has 40 heavy (non-hydrogen) atoms. The maximum Gasteiger partial charge on any atom is 0.335 e. The van der Waals surface area contributed by atoms with Crippen LogP contribution in [0.4, 0.5) is 5.69 Å². The molecular formula is C28H35N7O5. The minimum Gasteiger partial charge on any atom is -0.458 e. The van der Waals surface area contributed by atoms with Gasteiger partial charge in [-0.15, -0.1) is 0 Å². The number of carbonyl (C=O) groups is 3. The molecule has 3 aliphatic heterocycles. The largest absolute Gasteiger partial charge is 0.458 e. The zero-order valence-electron chi connectivity index (χ0n) is 22.9. The zero-order chi connectivity index (χ0) is 28.7. The van der Waals surface area contributed by atoms with Gasteiger partial charge in [0.2, 0.25) is 5.91 Å². The van der Waals surface area contributed by atoms with Crippen LogP contribution < -0.4 is 21.8 Å². The molecule has 0 aliphatic carbocycles. The molecular weight excluding hydrogens is 514 g/mol. The van der Waals surface area contributed by atoms with E-state index >= 15 is 0 Å². The van der Waals surface area contributed by atoms with E-state index in [2.05, 4.69) is 27.1 Å². The summed E-state index contributed by atoms with van der Waals surface area (Å²) < 4.78 is 11.5. The van der Waals surface area contributed by atoms with Crippen LogP contribution >= 0.6 is 0 Å². The highest BCUT2D eigenvalue weighted by Gasteiger charge is 2.56. The number of nitrogens with one attached hydrogen (secondary N) is 3. The van der Waals surface area contributed by atoms with Crippen LogP contribution in [0.5, 0.6) is 0 Å². The van der Waals surface area contributed by atoms with E-state index in [-0.39, 0.29) is 30.7 Å². The number of nitrogens with zero attached hydrogens (tertiary/aromatic N) is 3. The smallest absolute Gasteiger partial charge is 0.335 e. The number of aromatic nitrogens is 1. The average molecular weight is 550 g/mol. The molecule has 5 rings (SSSR count). The maximum absolute atomic E-state index is 13.1. The molecule has 5 N–H and O–H groups in total. The van der Waals surface area contributed by atoms with Gasteiger partial charge in [-0.3, -0.25) is 9.59 Å². The van der Waals surface area contributed by atoms with Gasteiger partial charge in [-0.1, -0.05) is 6.07 Å². The summed E-state index contributed by atoms with van der Waals surface area (Å²) in [6, 6.07) is 11.0. The number of nitrogens with two attached hydrogens (primary N) is 1. The van der Waals surface area contributed by atoms with E-state index in [9.17, 15) is 19.6 Å². The molecule has 3 unspecified atom stereocenters. The fraction of sp³-hybridized carbons (Fsp3) is 0.536. The van der Waals surface area contributed by atoms with Crippen LogP contribution in [-0.4, -0.2) is 70.4 Å². The molecule has 5 atom stereocenters. The Kier molecular flexibility index (Phi) is 7.39. The van der Waals surface area contributed by atoms with Crippen molar-refractivity contribution in [3.63, 3.8) is 0 Å². The number of benzene rings is 1. The van der Waals surface area contributed by atoms with Gasteiger partial charge < -0.3 is 25.8 Å². The number of rotatable bonds is 6. The molecule has 3 saturated heterocycles. The van der Waals surface area contributed by atoms with Crippen LogP contribution in [0.15, 0.2) is 30.3 Å². The van der Waals surface area contributed by atoms with Crippen LogP contribution in [0.2, 0.25) is 0 Å². The molecule has 1 aromatic heterocycles. The van der Waals surface area contributed by atoms with Crippen molar-refractivity contribution in [1.29, 1.82) is 5.26 Å². The lowest BCUT2D eigenvalue weighted by molar-refractivity contribution is -0.180. The zero-order valence-corrected chi connectivity index (χ0v) is 22.9. The van der Waals surface area contributed by atoms with Crippen LogP contribution in [-0.2, 0) is 19.1 Å². The number of pyridine rings is 1. The number of hydrazine groups is 1. The van der Waals surface area contributed by atoms with Gasteiger partial charge in [0.05, 0.1) is 36.1 Å². The van der Waals surface area contributed by atoms with E-state index in [0.717, 1.165) is 11.1 Å². The molecule has 4 heterocycles. The van der Waals surface area contributed by atoms with Gasteiger partial charge in [-0.2, -0.15) is 5.26 Å². The van der Waals surface area contributed by atoms with E-state index in [1.54, 1.807) is 18.2 Å². The van der Waals surface area contributed by atoms with E-state index < -0.39 is 41.2 Å². The summed E-state index contributed by atoms with van der Waals surface area (Å²) in [5.74, 6) is -1.51. The quantitative estimate of drug-likeness (QED) is 0.388. The average Bonchev–Trinajstić information content (AvgIpc) is 3.28. The van der Waals surface area contributed by atoms with Crippen molar-refractivity contribution in [2.75, 3.05) is 18.5 Å². The SMILES string of the molecule is CC(C)(C)OC(=O)[C@@H]1CC[C@@](CC#N)(N2NC(Nc3ccc4nc(C(N)=O)ccc4c3)C3C(=O)NCCC32)CO1. The third-order valence-corrected chi connectivity index (χ3v) is 7.70. The Morgan fingerprint density at radius 2 is 2.10 bits per heavy atom. The third-order valence-electron chi connectivity index (χ3n) is 7.70. The van der Waals surface area contributed by atoms with Crippen LogP contribution in [0.3, 0.4) is 0 Å². The fourth-order valence-corrected chi connectivity index (χ4v) is 5.87. The van der Waals surface area contributed by atoms with Gasteiger partial charge in [-0.05, 0) is 64.3 Å². The number of anilines is 1. The summed E-state index contributed by atoms with van der Waals surface area (Å²) >= 11 is 0. The van der Waals surface area contributed by atoms with Gasteiger partial charge in [0.1, 0.15) is 17.5 Å². The molecule has 212 valence electrons. The number of ether oxygens (including phenoxy) is 2. The molecule has 0 saturated carbocycles. The predicted octanol–water partition coefficient (Wildman–Crippen LogP) is 1.57. The second-order valence-electron chi connectivity index (χ2n) is 11.7. The number of hydrogen-bond acceptors (Lipinski definition) is 10.